The third-order valence-electron chi connectivity index (χ3n) is 13.6. The van der Waals surface area contributed by atoms with Crippen LogP contribution in [-0.4, -0.2) is 37.2 Å². The predicted molar refractivity (Wildman–Crippen MR) is 302 cm³/mol. The fraction of sp³-hybridized carbons (Fsp3) is 0.828. The first-order chi connectivity index (χ1) is 34.5. The number of allylic oxidation sites excluding steroid dienone is 8. The smallest absolute Gasteiger partial charge is 0.306 e. The Kier molecular flexibility index (Phi) is 56.7. The lowest BCUT2D eigenvalue weighted by atomic mass is 10.0. The van der Waals surface area contributed by atoms with Crippen LogP contribution in [0.3, 0.4) is 0 Å². The Hall–Kier alpha value is -2.63. The van der Waals surface area contributed by atoms with Gasteiger partial charge >= 0.3 is 17.9 Å². The summed E-state index contributed by atoms with van der Waals surface area (Å²) in [5.41, 5.74) is 0. The van der Waals surface area contributed by atoms with Gasteiger partial charge in [-0.05, 0) is 83.5 Å². The molecule has 0 aromatic heterocycles. The molecular weight excluding hydrogens is 865 g/mol. The molecular formula is C64H116O6. The number of ether oxygens (including phenoxy) is 3. The molecule has 0 amide bonds. The van der Waals surface area contributed by atoms with E-state index in [4.69, 9.17) is 14.2 Å². The van der Waals surface area contributed by atoms with Gasteiger partial charge in [0.25, 0.3) is 0 Å². The highest BCUT2D eigenvalue weighted by Gasteiger charge is 2.19. The zero-order valence-electron chi connectivity index (χ0n) is 46.8. The van der Waals surface area contributed by atoms with Crippen molar-refractivity contribution in [1.82, 2.24) is 0 Å². The van der Waals surface area contributed by atoms with Gasteiger partial charge in [-0.15, -0.1) is 0 Å². The first-order valence-electron chi connectivity index (χ1n) is 30.6. The summed E-state index contributed by atoms with van der Waals surface area (Å²) in [4.78, 5) is 38.3. The molecule has 0 radical (unpaired) electrons. The number of carbonyl (C=O) groups excluding carboxylic acids is 3. The van der Waals surface area contributed by atoms with Crippen LogP contribution in [0.2, 0.25) is 0 Å². The normalized spacial score (nSPS) is 12.3. The van der Waals surface area contributed by atoms with Gasteiger partial charge in [-0.25, -0.2) is 0 Å². The van der Waals surface area contributed by atoms with Gasteiger partial charge in [0, 0.05) is 19.3 Å². The van der Waals surface area contributed by atoms with Crippen LogP contribution in [0.25, 0.3) is 0 Å². The molecule has 0 aliphatic carbocycles. The molecule has 1 atom stereocenters. The molecule has 6 heteroatoms. The SMILES string of the molecule is CCCCC/C=C\C/C=C\C/C=C\CCCCCCCCC(=O)OCC(COC(=O)CCCCCCCCCCCCCCCCCC)OC(=O)CCCCCCCCC/C=C\CCCCCCCC. The zero-order chi connectivity index (χ0) is 50.7. The summed E-state index contributed by atoms with van der Waals surface area (Å²) in [5.74, 6) is -0.875. The van der Waals surface area contributed by atoms with Gasteiger partial charge in [-0.1, -0.05) is 268 Å². The van der Waals surface area contributed by atoms with Crippen LogP contribution in [0, 0.1) is 0 Å². The fourth-order valence-electron chi connectivity index (χ4n) is 8.92. The maximum atomic E-state index is 12.9. The monoisotopic (exact) mass is 981 g/mol. The van der Waals surface area contributed by atoms with E-state index in [9.17, 15) is 14.4 Å². The van der Waals surface area contributed by atoms with Gasteiger partial charge in [0.1, 0.15) is 13.2 Å². The highest BCUT2D eigenvalue weighted by atomic mass is 16.6. The minimum absolute atomic E-state index is 0.0757. The van der Waals surface area contributed by atoms with Gasteiger partial charge in [0.2, 0.25) is 0 Å². The van der Waals surface area contributed by atoms with Crippen LogP contribution >= 0.6 is 0 Å². The first-order valence-corrected chi connectivity index (χ1v) is 30.6. The Labute approximate surface area is 435 Å². The van der Waals surface area contributed by atoms with Crippen molar-refractivity contribution in [2.75, 3.05) is 13.2 Å². The van der Waals surface area contributed by atoms with E-state index in [-0.39, 0.29) is 31.1 Å². The first kappa shape index (κ1) is 67.4. The molecule has 0 aromatic rings. The van der Waals surface area contributed by atoms with Crippen LogP contribution in [0.4, 0.5) is 0 Å². The Morgan fingerprint density at radius 1 is 0.286 bits per heavy atom. The van der Waals surface area contributed by atoms with E-state index in [1.165, 1.54) is 205 Å². The summed E-state index contributed by atoms with van der Waals surface area (Å²) >= 11 is 0. The van der Waals surface area contributed by atoms with E-state index < -0.39 is 6.10 Å². The molecule has 70 heavy (non-hydrogen) atoms. The van der Waals surface area contributed by atoms with Crippen molar-refractivity contribution in [1.29, 1.82) is 0 Å². The summed E-state index contributed by atoms with van der Waals surface area (Å²) < 4.78 is 16.9. The molecule has 0 aliphatic rings. The number of unbranched alkanes of at least 4 members (excludes halogenated alkanes) is 37. The summed E-state index contributed by atoms with van der Waals surface area (Å²) in [6.07, 6.45) is 72.4. The number of carbonyl (C=O) groups is 3. The van der Waals surface area contributed by atoms with E-state index in [2.05, 4.69) is 69.4 Å². The molecule has 0 fully saturated rings. The van der Waals surface area contributed by atoms with Gasteiger partial charge in [0.05, 0.1) is 0 Å². The van der Waals surface area contributed by atoms with Crippen LogP contribution in [-0.2, 0) is 28.6 Å². The van der Waals surface area contributed by atoms with Crippen molar-refractivity contribution in [3.63, 3.8) is 0 Å². The molecule has 6 nitrogen and oxygen atoms in total. The van der Waals surface area contributed by atoms with Crippen LogP contribution in [0.1, 0.15) is 323 Å². The third-order valence-corrected chi connectivity index (χ3v) is 13.6. The van der Waals surface area contributed by atoms with Crippen molar-refractivity contribution >= 4 is 17.9 Å². The zero-order valence-corrected chi connectivity index (χ0v) is 46.8. The van der Waals surface area contributed by atoms with E-state index in [1.807, 2.05) is 0 Å². The summed E-state index contributed by atoms with van der Waals surface area (Å²) in [7, 11) is 0. The molecule has 0 saturated heterocycles. The van der Waals surface area contributed by atoms with E-state index in [0.717, 1.165) is 77.0 Å². The maximum Gasteiger partial charge on any atom is 0.306 e. The summed E-state index contributed by atoms with van der Waals surface area (Å²) in [6.45, 7) is 6.64. The second kappa shape index (κ2) is 58.9. The summed E-state index contributed by atoms with van der Waals surface area (Å²) in [6, 6.07) is 0. The minimum Gasteiger partial charge on any atom is -0.462 e. The molecule has 408 valence electrons. The van der Waals surface area contributed by atoms with E-state index in [0.29, 0.717) is 19.3 Å². The minimum atomic E-state index is -0.779. The average Bonchev–Trinajstić information content (AvgIpc) is 3.36. The Balaban J connectivity index is 4.38. The lowest BCUT2D eigenvalue weighted by molar-refractivity contribution is -0.167. The topological polar surface area (TPSA) is 78.9 Å². The molecule has 0 rings (SSSR count). The average molecular weight is 982 g/mol. The lowest BCUT2D eigenvalue weighted by Gasteiger charge is -2.18. The van der Waals surface area contributed by atoms with Crippen LogP contribution in [0.15, 0.2) is 48.6 Å². The van der Waals surface area contributed by atoms with E-state index in [1.54, 1.807) is 0 Å². The number of esters is 3. The highest BCUT2D eigenvalue weighted by Crippen LogP contribution is 2.16. The van der Waals surface area contributed by atoms with Crippen LogP contribution in [0.5, 0.6) is 0 Å². The quantitative estimate of drug-likeness (QED) is 0.0261. The summed E-state index contributed by atoms with van der Waals surface area (Å²) in [5, 5.41) is 0. The second-order valence-corrected chi connectivity index (χ2v) is 20.6. The standard InChI is InChI=1S/C64H116O6/c1-4-7-10-13-16-19-22-25-28-31-32-34-36-39-42-45-48-51-54-57-63(66)69-60-61(59-68-62(65)56-53-50-47-44-41-38-35-30-27-24-21-18-15-12-9-6-3)70-64(67)58-55-52-49-46-43-40-37-33-29-26-23-20-17-14-11-8-5-2/h16,19,25-26,28-29,32,34,61H,4-15,17-18,20-24,27,30-31,33,35-60H2,1-3H3/b19-16-,28-25-,29-26-,34-32-. The molecule has 0 heterocycles. The number of hydrogen-bond acceptors (Lipinski definition) is 6. The number of hydrogen-bond donors (Lipinski definition) is 0. The molecule has 1 unspecified atom stereocenters. The van der Waals surface area contributed by atoms with Gasteiger partial charge in [-0.2, -0.15) is 0 Å². The van der Waals surface area contributed by atoms with Crippen molar-refractivity contribution in [3.8, 4) is 0 Å². The Bertz CT molecular complexity index is 1220. The fourth-order valence-corrected chi connectivity index (χ4v) is 8.92. The highest BCUT2D eigenvalue weighted by molar-refractivity contribution is 5.71. The molecule has 0 N–H and O–H groups in total. The third kappa shape index (κ3) is 56.3. The Morgan fingerprint density at radius 2 is 0.514 bits per heavy atom. The molecule has 0 bridgehead atoms. The van der Waals surface area contributed by atoms with Gasteiger partial charge < -0.3 is 14.2 Å². The van der Waals surface area contributed by atoms with Gasteiger partial charge in [-0.3, -0.25) is 14.4 Å². The van der Waals surface area contributed by atoms with Gasteiger partial charge in [0.15, 0.2) is 6.10 Å². The van der Waals surface area contributed by atoms with E-state index >= 15 is 0 Å². The van der Waals surface area contributed by atoms with Crippen molar-refractivity contribution in [2.24, 2.45) is 0 Å². The van der Waals surface area contributed by atoms with Crippen molar-refractivity contribution in [2.45, 2.75) is 329 Å². The van der Waals surface area contributed by atoms with Crippen LogP contribution < -0.4 is 0 Å². The molecule has 0 aromatic carbocycles. The molecule has 0 spiro atoms. The second-order valence-electron chi connectivity index (χ2n) is 20.6. The number of rotatable bonds is 56. The largest absolute Gasteiger partial charge is 0.462 e. The van der Waals surface area contributed by atoms with Crippen molar-refractivity contribution < 1.29 is 28.6 Å². The Morgan fingerprint density at radius 3 is 0.843 bits per heavy atom. The predicted octanol–water partition coefficient (Wildman–Crippen LogP) is 20.6. The molecule has 0 saturated carbocycles. The van der Waals surface area contributed by atoms with Crippen molar-refractivity contribution in [3.05, 3.63) is 48.6 Å². The maximum absolute atomic E-state index is 12.9. The molecule has 0 aliphatic heterocycles. The lowest BCUT2D eigenvalue weighted by Crippen LogP contribution is -2.30.